The lowest BCUT2D eigenvalue weighted by Gasteiger charge is -2.23. The van der Waals surface area contributed by atoms with E-state index in [-0.39, 0.29) is 5.41 Å². The number of hydrogen-bond acceptors (Lipinski definition) is 3. The third kappa shape index (κ3) is 9.48. The number of fused-ring (bicyclic) bond motifs is 3. The van der Waals surface area contributed by atoms with Crippen LogP contribution in [0.15, 0.2) is 182 Å². The highest BCUT2D eigenvalue weighted by Crippen LogP contribution is 2.41. The van der Waals surface area contributed by atoms with Gasteiger partial charge in [-0.15, -0.1) is 0 Å². The molecule has 8 rings (SSSR count). The van der Waals surface area contributed by atoms with Crippen LogP contribution in [0.5, 0.6) is 0 Å². The Kier molecular flexibility index (Phi) is 13.9. The Labute approximate surface area is 375 Å². The molecule has 0 amide bonds. The Hall–Kier alpha value is -6.88. The molecule has 0 spiro atoms. The minimum atomic E-state index is -0.0336. The van der Waals surface area contributed by atoms with Gasteiger partial charge in [-0.2, -0.15) is 0 Å². The molecule has 0 unspecified atom stereocenters. The Bertz CT molecular complexity index is 2940. The van der Waals surface area contributed by atoms with Crippen LogP contribution in [0.3, 0.4) is 0 Å². The van der Waals surface area contributed by atoms with Crippen LogP contribution in [0.1, 0.15) is 65.2 Å². The maximum atomic E-state index is 3.80. The average Bonchev–Trinajstić information content (AvgIpc) is 3.66. The lowest BCUT2D eigenvalue weighted by atomic mass is 9.84. The van der Waals surface area contributed by atoms with Gasteiger partial charge >= 0.3 is 0 Å². The van der Waals surface area contributed by atoms with Crippen molar-refractivity contribution in [3.05, 3.63) is 199 Å². The second-order valence-electron chi connectivity index (χ2n) is 16.7. The summed E-state index contributed by atoms with van der Waals surface area (Å²) in [5.74, 6) is 0. The van der Waals surface area contributed by atoms with Crippen molar-refractivity contribution >= 4 is 44.3 Å². The molecule has 0 aliphatic heterocycles. The van der Waals surface area contributed by atoms with Crippen LogP contribution >= 0.6 is 0 Å². The topological polar surface area (TPSA) is 41.0 Å². The molecule has 0 atom stereocenters. The number of likely N-dealkylation sites (N-methyl/N-ethyl adjacent to an activating group) is 1. The Morgan fingerprint density at radius 2 is 1.19 bits per heavy atom. The Morgan fingerprint density at radius 1 is 0.571 bits per heavy atom. The van der Waals surface area contributed by atoms with Gasteiger partial charge in [0.25, 0.3) is 0 Å². The molecule has 318 valence electrons. The maximum absolute atomic E-state index is 3.80. The summed E-state index contributed by atoms with van der Waals surface area (Å²) in [7, 11) is 4.02. The first-order valence-electron chi connectivity index (χ1n) is 22.4. The molecular formula is C59H62N4. The molecule has 1 aromatic heterocycles. The molecule has 4 nitrogen and oxygen atoms in total. The van der Waals surface area contributed by atoms with Gasteiger partial charge in [-0.1, -0.05) is 144 Å². The van der Waals surface area contributed by atoms with E-state index in [0.717, 1.165) is 28.2 Å². The summed E-state index contributed by atoms with van der Waals surface area (Å²) in [5.41, 5.74) is 18.7. The first kappa shape index (κ1) is 44.2. The summed E-state index contributed by atoms with van der Waals surface area (Å²) in [5, 5.41) is 13.2. The fourth-order valence-electron chi connectivity index (χ4n) is 8.44. The van der Waals surface area contributed by atoms with Crippen LogP contribution in [0, 0.1) is 0 Å². The summed E-state index contributed by atoms with van der Waals surface area (Å²) in [6, 6.07) is 57.6. The van der Waals surface area contributed by atoms with E-state index in [4.69, 9.17) is 0 Å². The zero-order valence-electron chi connectivity index (χ0n) is 38.5. The van der Waals surface area contributed by atoms with Gasteiger partial charge < -0.3 is 20.5 Å². The molecule has 8 aromatic rings. The third-order valence-corrected chi connectivity index (χ3v) is 11.7. The lowest BCUT2D eigenvalue weighted by Crippen LogP contribution is -2.12. The van der Waals surface area contributed by atoms with Gasteiger partial charge in [-0.05, 0) is 143 Å². The summed E-state index contributed by atoms with van der Waals surface area (Å²) < 4.78 is 2.37. The lowest BCUT2D eigenvalue weighted by molar-refractivity contribution is 0.590. The van der Waals surface area contributed by atoms with Crippen molar-refractivity contribution in [1.29, 1.82) is 0 Å². The van der Waals surface area contributed by atoms with Crippen LogP contribution < -0.4 is 16.0 Å². The van der Waals surface area contributed by atoms with Crippen molar-refractivity contribution in [3.8, 4) is 39.1 Å². The van der Waals surface area contributed by atoms with Crippen LogP contribution in [-0.4, -0.2) is 25.2 Å². The molecular weight excluding hydrogens is 765 g/mol. The number of nitrogens with zero attached hydrogens (tertiary/aromatic N) is 1. The zero-order valence-corrected chi connectivity index (χ0v) is 38.5. The molecule has 0 saturated heterocycles. The first-order chi connectivity index (χ1) is 30.7. The van der Waals surface area contributed by atoms with Crippen molar-refractivity contribution in [2.75, 3.05) is 31.3 Å². The highest BCUT2D eigenvalue weighted by atomic mass is 15.0. The first-order valence-corrected chi connectivity index (χ1v) is 22.4. The minimum absolute atomic E-state index is 0.0336. The predicted molar refractivity (Wildman–Crippen MR) is 277 cm³/mol. The van der Waals surface area contributed by atoms with E-state index in [2.05, 4.69) is 237 Å². The summed E-state index contributed by atoms with van der Waals surface area (Å²) in [6.45, 7) is 15.7. The third-order valence-electron chi connectivity index (χ3n) is 11.7. The van der Waals surface area contributed by atoms with Crippen molar-refractivity contribution in [2.24, 2.45) is 0 Å². The van der Waals surface area contributed by atoms with Gasteiger partial charge in [-0.3, -0.25) is 0 Å². The molecule has 0 saturated carbocycles. The SMILES string of the molecule is C/C=C\C(=C/C)c1cccc(-c2cccc(/C(=C/Nc3ccc(C(C)(C)C)cc3-c3cc(-c4ccc5c(c4)c4ccccc4n5-c4ccccc4)ccc3NC)CNC)c2)c1.CC. The fraction of sp³-hybridized carbons (Fsp3) is 0.186. The standard InChI is InChI=1S/C57H56N4.C2H6/c1-8-17-39(9-2)40-18-15-19-41(32-40)42-20-16-21-43(33-42)46(37-58-6)38-60-54-30-28-47(57(3,4)5)36-51(54)50-34-44(26-29-53(50)59-7)45-27-31-56-52(35-45)49-24-13-14-25-55(49)61(56)48-22-11-10-12-23-48;1-2/h8-36,38,58-60H,37H2,1-7H3;1-2H3/b17-8-,39-9+,46-38+;. The van der Waals surface area contributed by atoms with Crippen molar-refractivity contribution in [2.45, 2.75) is 53.9 Å². The molecule has 0 aliphatic carbocycles. The molecule has 63 heavy (non-hydrogen) atoms. The van der Waals surface area contributed by atoms with E-state index in [1.807, 2.05) is 27.9 Å². The predicted octanol–water partition coefficient (Wildman–Crippen LogP) is 15.8. The van der Waals surface area contributed by atoms with Crippen molar-refractivity contribution < 1.29 is 0 Å². The van der Waals surface area contributed by atoms with Gasteiger partial charge in [-0.25, -0.2) is 0 Å². The maximum Gasteiger partial charge on any atom is 0.0541 e. The second-order valence-corrected chi connectivity index (χ2v) is 16.7. The fourth-order valence-corrected chi connectivity index (χ4v) is 8.44. The number of aromatic nitrogens is 1. The van der Waals surface area contributed by atoms with Gasteiger partial charge in [0.05, 0.1) is 11.0 Å². The highest BCUT2D eigenvalue weighted by Gasteiger charge is 2.19. The molecule has 0 bridgehead atoms. The van der Waals surface area contributed by atoms with Crippen LogP contribution in [-0.2, 0) is 5.41 Å². The number of hydrogen-bond donors (Lipinski definition) is 3. The molecule has 4 heteroatoms. The van der Waals surface area contributed by atoms with Crippen molar-refractivity contribution in [1.82, 2.24) is 9.88 Å². The monoisotopic (exact) mass is 826 g/mol. The van der Waals surface area contributed by atoms with E-state index in [1.54, 1.807) is 0 Å². The number of para-hydroxylation sites is 2. The summed E-state index contributed by atoms with van der Waals surface area (Å²) in [6.07, 6.45) is 8.60. The molecule has 1 heterocycles. The van der Waals surface area contributed by atoms with Crippen molar-refractivity contribution in [3.63, 3.8) is 0 Å². The van der Waals surface area contributed by atoms with E-state index in [1.165, 1.54) is 71.9 Å². The minimum Gasteiger partial charge on any atom is -0.388 e. The van der Waals surface area contributed by atoms with Gasteiger partial charge in [0.2, 0.25) is 0 Å². The Morgan fingerprint density at radius 3 is 1.89 bits per heavy atom. The highest BCUT2D eigenvalue weighted by molar-refractivity contribution is 6.10. The average molecular weight is 827 g/mol. The summed E-state index contributed by atoms with van der Waals surface area (Å²) >= 11 is 0. The van der Waals surface area contributed by atoms with E-state index < -0.39 is 0 Å². The van der Waals surface area contributed by atoms with Gasteiger partial charge in [0, 0.05) is 58.8 Å². The smallest absolute Gasteiger partial charge is 0.0541 e. The van der Waals surface area contributed by atoms with Gasteiger partial charge in [0.15, 0.2) is 0 Å². The molecule has 7 aromatic carbocycles. The number of rotatable bonds is 12. The number of anilines is 2. The quantitative estimate of drug-likeness (QED) is 0.107. The van der Waals surface area contributed by atoms with Crippen LogP contribution in [0.25, 0.3) is 72.0 Å². The van der Waals surface area contributed by atoms with E-state index in [0.29, 0.717) is 6.54 Å². The summed E-state index contributed by atoms with van der Waals surface area (Å²) in [4.78, 5) is 0. The van der Waals surface area contributed by atoms with Gasteiger partial charge in [0.1, 0.15) is 0 Å². The largest absolute Gasteiger partial charge is 0.388 e. The molecule has 0 fully saturated rings. The normalized spacial score (nSPS) is 12.1. The van der Waals surface area contributed by atoms with E-state index in [9.17, 15) is 0 Å². The molecule has 3 N–H and O–H groups in total. The molecule has 0 radical (unpaired) electrons. The zero-order chi connectivity index (χ0) is 44.5. The number of allylic oxidation sites excluding steroid dienone is 4. The number of benzene rings is 7. The molecule has 0 aliphatic rings. The number of nitrogens with one attached hydrogen (secondary N) is 3. The van der Waals surface area contributed by atoms with Crippen LogP contribution in [0.2, 0.25) is 0 Å². The second kappa shape index (κ2) is 19.9. The Balaban J connectivity index is 0.00000293. The van der Waals surface area contributed by atoms with Crippen LogP contribution in [0.4, 0.5) is 11.4 Å². The van der Waals surface area contributed by atoms with E-state index >= 15 is 0 Å².